The summed E-state index contributed by atoms with van der Waals surface area (Å²) >= 11 is 5.00. The second kappa shape index (κ2) is 7.39. The van der Waals surface area contributed by atoms with Gasteiger partial charge in [0.25, 0.3) is 0 Å². The van der Waals surface area contributed by atoms with E-state index in [1.807, 2.05) is 24.3 Å². The van der Waals surface area contributed by atoms with Crippen molar-refractivity contribution >= 4 is 28.8 Å². The molecule has 0 saturated heterocycles. The van der Waals surface area contributed by atoms with Crippen molar-refractivity contribution < 1.29 is 4.79 Å². The van der Waals surface area contributed by atoms with E-state index in [0.717, 1.165) is 17.9 Å². The molecule has 0 aliphatic heterocycles. The highest BCUT2D eigenvalue weighted by Crippen LogP contribution is 2.27. The lowest BCUT2D eigenvalue weighted by molar-refractivity contribution is -0.116. The maximum atomic E-state index is 12.0. The first kappa shape index (κ1) is 15.0. The number of thiocarbonyl (C=S) groups is 1. The normalized spacial score (nSPS) is 15.8. The summed E-state index contributed by atoms with van der Waals surface area (Å²) < 4.78 is 0. The van der Waals surface area contributed by atoms with Crippen LogP contribution >= 0.6 is 12.2 Å². The minimum atomic E-state index is 0.0549. The van der Waals surface area contributed by atoms with Gasteiger partial charge in [-0.2, -0.15) is 0 Å². The molecule has 2 rings (SSSR count). The van der Waals surface area contributed by atoms with Crippen molar-refractivity contribution in [3.05, 3.63) is 29.8 Å². The molecular weight excluding hydrogens is 268 g/mol. The van der Waals surface area contributed by atoms with Gasteiger partial charge in [0.05, 0.1) is 5.69 Å². The van der Waals surface area contributed by atoms with Crippen LogP contribution in [0.25, 0.3) is 0 Å². The van der Waals surface area contributed by atoms with E-state index in [4.69, 9.17) is 18.0 Å². The molecule has 1 aliphatic rings. The Bertz CT molecular complexity index is 481. The van der Waals surface area contributed by atoms with Crippen molar-refractivity contribution in [2.24, 2.45) is 11.7 Å². The van der Waals surface area contributed by atoms with Crippen molar-refractivity contribution in [2.75, 3.05) is 5.32 Å². The standard InChI is InChI=1S/C16H22N2OS/c17-16(20)13-8-4-5-9-14(13)18-15(19)11-10-12-6-2-1-3-7-12/h4-5,8-9,12H,1-3,6-7,10-11H2,(H2,17,20)(H,18,19). The molecule has 0 unspecified atom stereocenters. The molecular formula is C16H22N2OS. The number of para-hydroxylation sites is 1. The molecule has 4 heteroatoms. The Morgan fingerprint density at radius 1 is 1.25 bits per heavy atom. The third kappa shape index (κ3) is 4.30. The summed E-state index contributed by atoms with van der Waals surface area (Å²) in [5.41, 5.74) is 7.11. The molecule has 0 heterocycles. The van der Waals surface area contributed by atoms with Crippen LogP contribution in [0.2, 0.25) is 0 Å². The van der Waals surface area contributed by atoms with Gasteiger partial charge in [0, 0.05) is 12.0 Å². The minimum Gasteiger partial charge on any atom is -0.389 e. The first-order chi connectivity index (χ1) is 9.66. The quantitative estimate of drug-likeness (QED) is 0.814. The third-order valence-electron chi connectivity index (χ3n) is 3.97. The van der Waals surface area contributed by atoms with Crippen LogP contribution in [-0.4, -0.2) is 10.9 Å². The number of rotatable bonds is 5. The van der Waals surface area contributed by atoms with Crippen molar-refractivity contribution in [3.8, 4) is 0 Å². The van der Waals surface area contributed by atoms with E-state index in [1.54, 1.807) is 0 Å². The Hall–Kier alpha value is -1.42. The van der Waals surface area contributed by atoms with Gasteiger partial charge in [-0.15, -0.1) is 0 Å². The SMILES string of the molecule is NC(=S)c1ccccc1NC(=O)CCC1CCCCC1. The zero-order chi connectivity index (χ0) is 14.4. The molecule has 1 amide bonds. The van der Waals surface area contributed by atoms with Crippen LogP contribution in [-0.2, 0) is 4.79 Å². The second-order valence-corrected chi connectivity index (χ2v) is 5.94. The van der Waals surface area contributed by atoms with Gasteiger partial charge in [-0.25, -0.2) is 0 Å². The van der Waals surface area contributed by atoms with Gasteiger partial charge in [0.15, 0.2) is 0 Å². The first-order valence-corrected chi connectivity index (χ1v) is 7.76. The van der Waals surface area contributed by atoms with E-state index in [1.165, 1.54) is 32.1 Å². The number of benzene rings is 1. The number of hydrogen-bond donors (Lipinski definition) is 2. The average molecular weight is 290 g/mol. The summed E-state index contributed by atoms with van der Waals surface area (Å²) in [6.07, 6.45) is 8.10. The maximum absolute atomic E-state index is 12.0. The van der Waals surface area contributed by atoms with Crippen LogP contribution in [0.3, 0.4) is 0 Å². The highest BCUT2D eigenvalue weighted by Gasteiger charge is 2.15. The van der Waals surface area contributed by atoms with Gasteiger partial charge in [-0.1, -0.05) is 56.5 Å². The lowest BCUT2D eigenvalue weighted by Gasteiger charge is -2.21. The summed E-state index contributed by atoms with van der Waals surface area (Å²) in [6, 6.07) is 7.41. The number of carbonyl (C=O) groups is 1. The summed E-state index contributed by atoms with van der Waals surface area (Å²) in [5, 5.41) is 2.93. The van der Waals surface area contributed by atoms with E-state index in [2.05, 4.69) is 5.32 Å². The monoisotopic (exact) mass is 290 g/mol. The molecule has 0 radical (unpaired) electrons. The van der Waals surface area contributed by atoms with Crippen LogP contribution in [0.4, 0.5) is 5.69 Å². The fourth-order valence-corrected chi connectivity index (χ4v) is 3.01. The van der Waals surface area contributed by atoms with Crippen LogP contribution in [0.15, 0.2) is 24.3 Å². The minimum absolute atomic E-state index is 0.0549. The Balaban J connectivity index is 1.86. The molecule has 0 atom stereocenters. The summed E-state index contributed by atoms with van der Waals surface area (Å²) in [4.78, 5) is 12.3. The lowest BCUT2D eigenvalue weighted by Crippen LogP contribution is -2.18. The molecule has 0 spiro atoms. The van der Waals surface area contributed by atoms with Crippen LogP contribution in [0, 0.1) is 5.92 Å². The smallest absolute Gasteiger partial charge is 0.224 e. The average Bonchev–Trinajstić information content (AvgIpc) is 2.46. The van der Waals surface area contributed by atoms with Crippen LogP contribution < -0.4 is 11.1 Å². The number of amides is 1. The Morgan fingerprint density at radius 2 is 1.95 bits per heavy atom. The molecule has 1 saturated carbocycles. The first-order valence-electron chi connectivity index (χ1n) is 7.35. The van der Waals surface area contributed by atoms with Crippen molar-refractivity contribution in [3.63, 3.8) is 0 Å². The predicted molar refractivity (Wildman–Crippen MR) is 86.8 cm³/mol. The van der Waals surface area contributed by atoms with Crippen LogP contribution in [0.5, 0.6) is 0 Å². The Morgan fingerprint density at radius 3 is 2.65 bits per heavy atom. The lowest BCUT2D eigenvalue weighted by atomic mass is 9.86. The van der Waals surface area contributed by atoms with E-state index in [0.29, 0.717) is 17.1 Å². The van der Waals surface area contributed by atoms with Crippen LogP contribution in [0.1, 0.15) is 50.5 Å². The molecule has 1 aromatic carbocycles. The summed E-state index contributed by atoms with van der Waals surface area (Å²) in [6.45, 7) is 0. The maximum Gasteiger partial charge on any atom is 0.224 e. The number of carbonyl (C=O) groups excluding carboxylic acids is 1. The topological polar surface area (TPSA) is 55.1 Å². The van der Waals surface area contributed by atoms with Crippen molar-refractivity contribution in [2.45, 2.75) is 44.9 Å². The van der Waals surface area contributed by atoms with E-state index in [-0.39, 0.29) is 5.91 Å². The van der Waals surface area contributed by atoms with Crippen molar-refractivity contribution in [1.29, 1.82) is 0 Å². The van der Waals surface area contributed by atoms with Gasteiger partial charge >= 0.3 is 0 Å². The van der Waals surface area contributed by atoms with E-state index in [9.17, 15) is 4.79 Å². The molecule has 20 heavy (non-hydrogen) atoms. The molecule has 3 N–H and O–H groups in total. The number of anilines is 1. The van der Waals surface area contributed by atoms with E-state index >= 15 is 0 Å². The molecule has 0 aromatic heterocycles. The predicted octanol–water partition coefficient (Wildman–Crippen LogP) is 3.62. The largest absolute Gasteiger partial charge is 0.389 e. The van der Waals surface area contributed by atoms with Gasteiger partial charge in [0.1, 0.15) is 4.99 Å². The zero-order valence-electron chi connectivity index (χ0n) is 11.7. The van der Waals surface area contributed by atoms with Gasteiger partial charge in [-0.3, -0.25) is 4.79 Å². The Kier molecular flexibility index (Phi) is 5.53. The van der Waals surface area contributed by atoms with Gasteiger partial charge < -0.3 is 11.1 Å². The number of nitrogens with one attached hydrogen (secondary N) is 1. The highest BCUT2D eigenvalue weighted by atomic mass is 32.1. The molecule has 108 valence electrons. The highest BCUT2D eigenvalue weighted by molar-refractivity contribution is 7.80. The third-order valence-corrected chi connectivity index (χ3v) is 4.19. The molecule has 3 nitrogen and oxygen atoms in total. The number of nitrogens with two attached hydrogens (primary N) is 1. The summed E-state index contributed by atoms with van der Waals surface area (Å²) in [5.74, 6) is 0.777. The molecule has 1 fully saturated rings. The molecule has 0 bridgehead atoms. The van der Waals surface area contributed by atoms with Gasteiger partial charge in [-0.05, 0) is 24.5 Å². The fourth-order valence-electron chi connectivity index (χ4n) is 2.83. The Labute approximate surface area is 125 Å². The van der Waals surface area contributed by atoms with E-state index < -0.39 is 0 Å². The summed E-state index contributed by atoms with van der Waals surface area (Å²) in [7, 11) is 0. The van der Waals surface area contributed by atoms with Crippen molar-refractivity contribution in [1.82, 2.24) is 0 Å². The fraction of sp³-hybridized carbons (Fsp3) is 0.500. The number of hydrogen-bond acceptors (Lipinski definition) is 2. The zero-order valence-corrected chi connectivity index (χ0v) is 12.5. The molecule has 1 aliphatic carbocycles. The van der Waals surface area contributed by atoms with Gasteiger partial charge in [0.2, 0.25) is 5.91 Å². The second-order valence-electron chi connectivity index (χ2n) is 5.50. The molecule has 1 aromatic rings.